The molecule has 0 saturated carbocycles. The maximum atomic E-state index is 13.0. The number of rotatable bonds is 11. The second kappa shape index (κ2) is 12.1. The SMILES string of the molecule is CCCCC(NC(=O)CCc1ccccc1OC)C(=O)Nc1cccc(N2CCCC2)c1. The fourth-order valence-corrected chi connectivity index (χ4v) is 4.09. The molecule has 6 heteroatoms. The highest BCUT2D eigenvalue weighted by atomic mass is 16.5. The summed E-state index contributed by atoms with van der Waals surface area (Å²) in [6, 6.07) is 15.1. The van der Waals surface area contributed by atoms with E-state index >= 15 is 0 Å². The van der Waals surface area contributed by atoms with Gasteiger partial charge in [0.1, 0.15) is 11.8 Å². The number of nitrogens with one attached hydrogen (secondary N) is 2. The third-order valence-electron chi connectivity index (χ3n) is 5.90. The molecule has 1 aliphatic rings. The highest BCUT2D eigenvalue weighted by molar-refractivity contribution is 5.97. The van der Waals surface area contributed by atoms with Gasteiger partial charge in [0, 0.05) is 30.9 Å². The Kier molecular flexibility index (Phi) is 8.96. The summed E-state index contributed by atoms with van der Waals surface area (Å²) in [4.78, 5) is 28.0. The van der Waals surface area contributed by atoms with Crippen LogP contribution in [-0.2, 0) is 16.0 Å². The number of nitrogens with zero attached hydrogens (tertiary/aromatic N) is 1. The van der Waals surface area contributed by atoms with Crippen molar-refractivity contribution in [2.24, 2.45) is 0 Å². The lowest BCUT2D eigenvalue weighted by atomic mass is 10.1. The van der Waals surface area contributed by atoms with Crippen molar-refractivity contribution < 1.29 is 14.3 Å². The molecule has 2 amide bonds. The van der Waals surface area contributed by atoms with Gasteiger partial charge in [0.05, 0.1) is 7.11 Å². The maximum absolute atomic E-state index is 13.0. The monoisotopic (exact) mass is 437 g/mol. The maximum Gasteiger partial charge on any atom is 0.246 e. The number of benzene rings is 2. The van der Waals surface area contributed by atoms with E-state index in [2.05, 4.69) is 28.5 Å². The molecule has 2 aromatic carbocycles. The highest BCUT2D eigenvalue weighted by Gasteiger charge is 2.21. The van der Waals surface area contributed by atoms with E-state index in [1.165, 1.54) is 12.8 Å². The first kappa shape index (κ1) is 23.6. The number of hydrogen-bond acceptors (Lipinski definition) is 4. The van der Waals surface area contributed by atoms with Gasteiger partial charge in [-0.2, -0.15) is 0 Å². The van der Waals surface area contributed by atoms with Gasteiger partial charge in [-0.1, -0.05) is 44.0 Å². The Balaban J connectivity index is 1.59. The van der Waals surface area contributed by atoms with Crippen molar-refractivity contribution in [2.75, 3.05) is 30.4 Å². The van der Waals surface area contributed by atoms with Gasteiger partial charge in [-0.15, -0.1) is 0 Å². The molecule has 2 aromatic rings. The molecule has 1 atom stereocenters. The van der Waals surface area contributed by atoms with Crippen LogP contribution in [0.4, 0.5) is 11.4 Å². The van der Waals surface area contributed by atoms with Crippen LogP contribution in [0, 0.1) is 0 Å². The van der Waals surface area contributed by atoms with Gasteiger partial charge in [0.2, 0.25) is 11.8 Å². The Labute approximate surface area is 191 Å². The molecule has 1 heterocycles. The van der Waals surface area contributed by atoms with Gasteiger partial charge >= 0.3 is 0 Å². The molecule has 1 saturated heterocycles. The molecule has 172 valence electrons. The van der Waals surface area contributed by atoms with Crippen LogP contribution in [0.15, 0.2) is 48.5 Å². The number of carbonyl (C=O) groups excluding carboxylic acids is 2. The Hall–Kier alpha value is -3.02. The summed E-state index contributed by atoms with van der Waals surface area (Å²) in [6.45, 7) is 4.19. The minimum absolute atomic E-state index is 0.127. The van der Waals surface area contributed by atoms with Gasteiger partial charge in [-0.25, -0.2) is 0 Å². The Morgan fingerprint density at radius 2 is 1.88 bits per heavy atom. The molecule has 0 spiro atoms. The summed E-state index contributed by atoms with van der Waals surface area (Å²) < 4.78 is 5.36. The predicted octanol–water partition coefficient (Wildman–Crippen LogP) is 4.54. The molecule has 3 rings (SSSR count). The summed E-state index contributed by atoms with van der Waals surface area (Å²) >= 11 is 0. The van der Waals surface area contributed by atoms with Crippen molar-refractivity contribution in [2.45, 2.75) is 57.9 Å². The van der Waals surface area contributed by atoms with Crippen molar-refractivity contribution in [1.29, 1.82) is 0 Å². The summed E-state index contributed by atoms with van der Waals surface area (Å²) in [5.74, 6) is 0.485. The van der Waals surface area contributed by atoms with Crippen LogP contribution in [0.1, 0.15) is 51.0 Å². The van der Waals surface area contributed by atoms with Crippen LogP contribution in [0.25, 0.3) is 0 Å². The molecule has 32 heavy (non-hydrogen) atoms. The first-order valence-corrected chi connectivity index (χ1v) is 11.7. The summed E-state index contributed by atoms with van der Waals surface area (Å²) in [7, 11) is 1.63. The van der Waals surface area contributed by atoms with Gasteiger partial charge < -0.3 is 20.3 Å². The fourth-order valence-electron chi connectivity index (χ4n) is 4.09. The zero-order valence-corrected chi connectivity index (χ0v) is 19.2. The zero-order valence-electron chi connectivity index (χ0n) is 19.2. The van der Waals surface area contributed by atoms with E-state index in [1.807, 2.05) is 42.5 Å². The van der Waals surface area contributed by atoms with E-state index in [0.29, 0.717) is 19.3 Å². The number of methoxy groups -OCH3 is 1. The number of carbonyl (C=O) groups is 2. The molecular weight excluding hydrogens is 402 g/mol. The van der Waals surface area contributed by atoms with Crippen molar-refractivity contribution in [1.82, 2.24) is 5.32 Å². The third kappa shape index (κ3) is 6.74. The lowest BCUT2D eigenvalue weighted by Crippen LogP contribution is -2.43. The second-order valence-corrected chi connectivity index (χ2v) is 8.31. The van der Waals surface area contributed by atoms with Crippen LogP contribution in [0.5, 0.6) is 5.75 Å². The molecule has 0 aliphatic carbocycles. The number of unbranched alkanes of at least 4 members (excludes halogenated alkanes) is 1. The van der Waals surface area contributed by atoms with Gasteiger partial charge in [-0.05, 0) is 55.5 Å². The lowest BCUT2D eigenvalue weighted by Gasteiger charge is -2.21. The minimum Gasteiger partial charge on any atom is -0.496 e. The van der Waals surface area contributed by atoms with Crippen LogP contribution in [0.2, 0.25) is 0 Å². The Morgan fingerprint density at radius 1 is 1.09 bits per heavy atom. The average Bonchev–Trinajstić information content (AvgIpc) is 3.36. The standard InChI is InChI=1S/C26H35N3O3/c1-3-4-13-23(28-25(30)16-15-20-10-5-6-14-24(20)32-2)26(31)27-21-11-9-12-22(19-21)29-17-7-8-18-29/h5-6,9-12,14,19,23H,3-4,7-8,13,15-18H2,1-2H3,(H,27,31)(H,28,30). The molecule has 1 unspecified atom stereocenters. The van der Waals surface area contributed by atoms with Crippen LogP contribution < -0.4 is 20.3 Å². The number of hydrogen-bond donors (Lipinski definition) is 2. The van der Waals surface area contributed by atoms with Gasteiger partial charge in [0.15, 0.2) is 0 Å². The number of para-hydroxylation sites is 1. The quantitative estimate of drug-likeness (QED) is 0.541. The molecule has 6 nitrogen and oxygen atoms in total. The van der Waals surface area contributed by atoms with Gasteiger partial charge in [0.25, 0.3) is 0 Å². The molecule has 0 radical (unpaired) electrons. The minimum atomic E-state index is -0.546. The van der Waals surface area contributed by atoms with Crippen molar-refractivity contribution >= 4 is 23.2 Å². The molecule has 2 N–H and O–H groups in total. The van der Waals surface area contributed by atoms with E-state index in [4.69, 9.17) is 4.74 Å². The van der Waals surface area contributed by atoms with Crippen molar-refractivity contribution in [3.63, 3.8) is 0 Å². The number of anilines is 2. The van der Waals surface area contributed by atoms with E-state index in [9.17, 15) is 9.59 Å². The van der Waals surface area contributed by atoms with Crippen LogP contribution in [0.3, 0.4) is 0 Å². The second-order valence-electron chi connectivity index (χ2n) is 8.31. The summed E-state index contributed by atoms with van der Waals surface area (Å²) in [6.07, 6.45) is 5.74. The largest absolute Gasteiger partial charge is 0.496 e. The number of amides is 2. The van der Waals surface area contributed by atoms with Crippen molar-refractivity contribution in [3.8, 4) is 5.75 Å². The van der Waals surface area contributed by atoms with E-state index < -0.39 is 6.04 Å². The first-order chi connectivity index (χ1) is 15.6. The first-order valence-electron chi connectivity index (χ1n) is 11.7. The Bertz CT molecular complexity index is 893. The Morgan fingerprint density at radius 3 is 2.62 bits per heavy atom. The molecule has 1 fully saturated rings. The lowest BCUT2D eigenvalue weighted by molar-refractivity contribution is -0.126. The van der Waals surface area contributed by atoms with E-state index in [1.54, 1.807) is 7.11 Å². The third-order valence-corrected chi connectivity index (χ3v) is 5.90. The normalized spacial score (nSPS) is 14.1. The van der Waals surface area contributed by atoms with Crippen LogP contribution in [-0.4, -0.2) is 38.1 Å². The van der Waals surface area contributed by atoms with E-state index in [0.717, 1.165) is 48.6 Å². The average molecular weight is 438 g/mol. The van der Waals surface area contributed by atoms with Gasteiger partial charge in [-0.3, -0.25) is 9.59 Å². The molecular formula is C26H35N3O3. The smallest absolute Gasteiger partial charge is 0.246 e. The topological polar surface area (TPSA) is 70.7 Å². The molecule has 1 aliphatic heterocycles. The van der Waals surface area contributed by atoms with Crippen LogP contribution >= 0.6 is 0 Å². The zero-order chi connectivity index (χ0) is 22.8. The van der Waals surface area contributed by atoms with E-state index in [-0.39, 0.29) is 11.8 Å². The summed E-state index contributed by atoms with van der Waals surface area (Å²) in [5.41, 5.74) is 2.88. The molecule has 0 bridgehead atoms. The number of aryl methyl sites for hydroxylation is 1. The predicted molar refractivity (Wildman–Crippen MR) is 129 cm³/mol. The molecule has 0 aromatic heterocycles. The summed E-state index contributed by atoms with van der Waals surface area (Å²) in [5, 5.41) is 5.96. The van der Waals surface area contributed by atoms with Crippen molar-refractivity contribution in [3.05, 3.63) is 54.1 Å². The number of ether oxygens (including phenoxy) is 1. The fraction of sp³-hybridized carbons (Fsp3) is 0.462. The highest BCUT2D eigenvalue weighted by Crippen LogP contribution is 2.23.